The van der Waals surface area contributed by atoms with Gasteiger partial charge in [-0.25, -0.2) is 18.4 Å². The summed E-state index contributed by atoms with van der Waals surface area (Å²) in [5.41, 5.74) is 3.25. The molecule has 1 aliphatic rings. The molecule has 1 aliphatic heterocycles. The lowest BCUT2D eigenvalue weighted by Crippen LogP contribution is -2.38. The van der Waals surface area contributed by atoms with Gasteiger partial charge < -0.3 is 0 Å². The molecule has 1 aromatic carbocycles. The summed E-state index contributed by atoms with van der Waals surface area (Å²) in [6, 6.07) is 8.45. The number of rotatable bonds is 4. The molecule has 24 heavy (non-hydrogen) atoms. The quantitative estimate of drug-likeness (QED) is 0.852. The zero-order chi connectivity index (χ0) is 17.2. The lowest BCUT2D eigenvalue weighted by atomic mass is 10.1. The van der Waals surface area contributed by atoms with Gasteiger partial charge >= 0.3 is 0 Å². The van der Waals surface area contributed by atoms with E-state index in [1.165, 1.54) is 5.56 Å². The maximum atomic E-state index is 11.5. The van der Waals surface area contributed by atoms with E-state index in [0.717, 1.165) is 23.5 Å². The molecule has 0 bridgehead atoms. The fourth-order valence-corrected chi connectivity index (χ4v) is 4.57. The Bertz CT molecular complexity index is 789. The van der Waals surface area contributed by atoms with Crippen LogP contribution in [0.1, 0.15) is 24.0 Å². The molecule has 5 nitrogen and oxygen atoms in total. The summed E-state index contributed by atoms with van der Waals surface area (Å²) in [5, 5.41) is 0. The van der Waals surface area contributed by atoms with Crippen LogP contribution >= 0.6 is 0 Å². The van der Waals surface area contributed by atoms with E-state index in [1.54, 1.807) is 0 Å². The molecule has 1 saturated heterocycles. The van der Waals surface area contributed by atoms with Gasteiger partial charge in [-0.15, -0.1) is 0 Å². The largest absolute Gasteiger partial charge is 0.299 e. The molecule has 0 amide bonds. The Morgan fingerprint density at radius 2 is 1.83 bits per heavy atom. The van der Waals surface area contributed by atoms with Crippen molar-refractivity contribution in [3.05, 3.63) is 47.8 Å². The van der Waals surface area contributed by atoms with Crippen LogP contribution in [-0.2, 0) is 16.4 Å². The predicted octanol–water partition coefficient (Wildman–Crippen LogP) is 2.46. The minimum Gasteiger partial charge on any atom is -0.299 e. The van der Waals surface area contributed by atoms with Crippen LogP contribution in [-0.4, -0.2) is 47.9 Å². The van der Waals surface area contributed by atoms with Gasteiger partial charge in [0.25, 0.3) is 0 Å². The highest BCUT2D eigenvalue weighted by Gasteiger charge is 2.26. The molecule has 0 N–H and O–H groups in total. The van der Waals surface area contributed by atoms with Gasteiger partial charge in [-0.3, -0.25) is 4.90 Å². The normalized spacial score (nSPS) is 18.0. The molecular weight excluding hydrogens is 322 g/mol. The molecular formula is C18H23N3O2S. The van der Waals surface area contributed by atoms with Crippen LogP contribution in [0, 0.1) is 6.92 Å². The van der Waals surface area contributed by atoms with Crippen molar-refractivity contribution in [1.29, 1.82) is 0 Å². The van der Waals surface area contributed by atoms with Crippen LogP contribution in [0.2, 0.25) is 0 Å². The van der Waals surface area contributed by atoms with Gasteiger partial charge in [-0.05, 0) is 32.9 Å². The Balaban J connectivity index is 1.64. The summed E-state index contributed by atoms with van der Waals surface area (Å²) in [6.45, 7) is 2.79. The first kappa shape index (κ1) is 17.0. The molecule has 3 rings (SSSR count). The van der Waals surface area contributed by atoms with Gasteiger partial charge in [0, 0.05) is 36.1 Å². The second kappa shape index (κ2) is 6.99. The van der Waals surface area contributed by atoms with E-state index in [1.807, 2.05) is 31.6 Å². The topological polar surface area (TPSA) is 63.2 Å². The monoisotopic (exact) mass is 345 g/mol. The molecule has 0 spiro atoms. The van der Waals surface area contributed by atoms with Crippen molar-refractivity contribution in [2.24, 2.45) is 0 Å². The first-order valence-corrected chi connectivity index (χ1v) is 10.0. The molecule has 6 heteroatoms. The summed E-state index contributed by atoms with van der Waals surface area (Å²) in [5.74, 6) is 1.32. The predicted molar refractivity (Wildman–Crippen MR) is 95.3 cm³/mol. The number of benzene rings is 1. The third kappa shape index (κ3) is 4.19. The molecule has 0 unspecified atom stereocenters. The van der Waals surface area contributed by atoms with E-state index in [9.17, 15) is 8.42 Å². The van der Waals surface area contributed by atoms with Crippen LogP contribution in [0.4, 0.5) is 0 Å². The molecule has 0 radical (unpaired) electrons. The smallest absolute Gasteiger partial charge is 0.159 e. The van der Waals surface area contributed by atoms with E-state index in [0.29, 0.717) is 30.4 Å². The molecule has 1 fully saturated rings. The van der Waals surface area contributed by atoms with E-state index >= 15 is 0 Å². The highest BCUT2D eigenvalue weighted by molar-refractivity contribution is 7.91. The maximum absolute atomic E-state index is 11.5. The molecule has 2 aromatic rings. The SMILES string of the molecule is Cc1cccc(-c2ncc(CN(C)C3CCS(=O)(=O)CC3)cn2)c1. The highest BCUT2D eigenvalue weighted by Crippen LogP contribution is 2.20. The van der Waals surface area contributed by atoms with E-state index in [-0.39, 0.29) is 0 Å². The van der Waals surface area contributed by atoms with E-state index < -0.39 is 9.84 Å². The van der Waals surface area contributed by atoms with Crippen LogP contribution in [0.15, 0.2) is 36.7 Å². The van der Waals surface area contributed by atoms with Gasteiger partial charge in [0.15, 0.2) is 5.82 Å². The van der Waals surface area contributed by atoms with Crippen molar-refractivity contribution in [2.75, 3.05) is 18.6 Å². The summed E-state index contributed by atoms with van der Waals surface area (Å²) in [7, 11) is -0.774. The number of aromatic nitrogens is 2. The zero-order valence-electron chi connectivity index (χ0n) is 14.1. The average molecular weight is 345 g/mol. The van der Waals surface area contributed by atoms with Gasteiger partial charge in [0.2, 0.25) is 0 Å². The Labute approximate surface area is 143 Å². The standard InChI is InChI=1S/C18H23N3O2S/c1-14-4-3-5-16(10-14)18-19-11-15(12-20-18)13-21(2)17-6-8-24(22,23)9-7-17/h3-5,10-12,17H,6-9,13H2,1-2H3. The fourth-order valence-electron chi connectivity index (χ4n) is 3.11. The zero-order valence-corrected chi connectivity index (χ0v) is 15.0. The first-order chi connectivity index (χ1) is 11.4. The molecule has 128 valence electrons. The van der Waals surface area contributed by atoms with Gasteiger partial charge in [0.1, 0.15) is 9.84 Å². The number of hydrogen-bond donors (Lipinski definition) is 0. The van der Waals surface area contributed by atoms with Crippen LogP contribution in [0.3, 0.4) is 0 Å². The minimum atomic E-state index is -2.81. The summed E-state index contributed by atoms with van der Waals surface area (Å²) in [4.78, 5) is 11.2. The minimum absolute atomic E-state index is 0.296. The van der Waals surface area contributed by atoms with Crippen LogP contribution in [0.5, 0.6) is 0 Å². The van der Waals surface area contributed by atoms with Gasteiger partial charge in [-0.1, -0.05) is 23.8 Å². The third-order valence-electron chi connectivity index (χ3n) is 4.56. The Morgan fingerprint density at radius 3 is 2.46 bits per heavy atom. The number of hydrogen-bond acceptors (Lipinski definition) is 5. The molecule has 0 aliphatic carbocycles. The summed E-state index contributed by atoms with van der Waals surface area (Å²) >= 11 is 0. The van der Waals surface area contributed by atoms with E-state index in [2.05, 4.69) is 33.9 Å². The fraction of sp³-hybridized carbons (Fsp3) is 0.444. The van der Waals surface area contributed by atoms with Crippen molar-refractivity contribution in [3.63, 3.8) is 0 Å². The second-order valence-corrected chi connectivity index (χ2v) is 8.89. The van der Waals surface area contributed by atoms with Crippen LogP contribution < -0.4 is 0 Å². The Kier molecular flexibility index (Phi) is 4.96. The molecule has 0 saturated carbocycles. The Hall–Kier alpha value is -1.79. The lowest BCUT2D eigenvalue weighted by molar-refractivity contribution is 0.218. The number of nitrogens with zero attached hydrogens (tertiary/aromatic N) is 3. The Morgan fingerprint density at radius 1 is 1.17 bits per heavy atom. The highest BCUT2D eigenvalue weighted by atomic mass is 32.2. The summed E-state index contributed by atoms with van der Waals surface area (Å²) in [6.07, 6.45) is 5.14. The van der Waals surface area contributed by atoms with Crippen molar-refractivity contribution in [1.82, 2.24) is 14.9 Å². The van der Waals surface area contributed by atoms with E-state index in [4.69, 9.17) is 0 Å². The number of sulfone groups is 1. The van der Waals surface area contributed by atoms with Gasteiger partial charge in [-0.2, -0.15) is 0 Å². The third-order valence-corrected chi connectivity index (χ3v) is 6.28. The van der Waals surface area contributed by atoms with Crippen molar-refractivity contribution < 1.29 is 8.42 Å². The first-order valence-electron chi connectivity index (χ1n) is 8.21. The summed E-state index contributed by atoms with van der Waals surface area (Å²) < 4.78 is 23.1. The second-order valence-electron chi connectivity index (χ2n) is 6.58. The van der Waals surface area contributed by atoms with Crippen LogP contribution in [0.25, 0.3) is 11.4 Å². The van der Waals surface area contributed by atoms with Crippen molar-refractivity contribution >= 4 is 9.84 Å². The van der Waals surface area contributed by atoms with Gasteiger partial charge in [0.05, 0.1) is 11.5 Å². The van der Waals surface area contributed by atoms with Crippen molar-refractivity contribution in [2.45, 2.75) is 32.4 Å². The molecule has 0 atom stereocenters. The lowest BCUT2D eigenvalue weighted by Gasteiger charge is -2.30. The van der Waals surface area contributed by atoms with Crippen molar-refractivity contribution in [3.8, 4) is 11.4 Å². The molecule has 1 aromatic heterocycles. The number of aryl methyl sites for hydroxylation is 1. The maximum Gasteiger partial charge on any atom is 0.159 e. The average Bonchev–Trinajstić information content (AvgIpc) is 2.55. The molecule has 2 heterocycles.